The van der Waals surface area contributed by atoms with E-state index in [1.54, 1.807) is 18.2 Å². The monoisotopic (exact) mass is 451 g/mol. The fourth-order valence-corrected chi connectivity index (χ4v) is 4.41. The Morgan fingerprint density at radius 1 is 1.38 bits per heavy atom. The molecule has 0 radical (unpaired) electrons. The van der Waals surface area contributed by atoms with Gasteiger partial charge in [-0.15, -0.1) is 11.3 Å². The maximum atomic E-state index is 13.0. The Labute approximate surface area is 182 Å². The van der Waals surface area contributed by atoms with E-state index in [4.69, 9.17) is 25.5 Å². The van der Waals surface area contributed by atoms with Crippen molar-refractivity contribution in [2.45, 2.75) is 0 Å². The summed E-state index contributed by atoms with van der Waals surface area (Å²) in [5.41, 5.74) is 12.0. The molecular formula is C19H13N7O5S. The van der Waals surface area contributed by atoms with Crippen LogP contribution in [0.5, 0.6) is 11.5 Å². The average molecular weight is 451 g/mol. The van der Waals surface area contributed by atoms with Gasteiger partial charge in [-0.05, 0) is 17.4 Å². The normalized spacial score (nSPS) is 12.9. The molecule has 3 aromatic heterocycles. The second-order valence-electron chi connectivity index (χ2n) is 6.73. The molecule has 1 aliphatic heterocycles. The molecule has 0 bridgehead atoms. The number of H-pyrrole nitrogens is 1. The lowest BCUT2D eigenvalue weighted by Gasteiger charge is -2.10. The number of hydrogen-bond acceptors (Lipinski definition) is 11. The van der Waals surface area contributed by atoms with Gasteiger partial charge in [-0.2, -0.15) is 5.26 Å². The summed E-state index contributed by atoms with van der Waals surface area (Å²) in [5, 5.41) is 25.2. The SMILES string of the molecule is C[n+]1[nH]oc(=O)c1-c1c(C#N)c(N)nc2sc(C([O-])=Nc3ccc4c(c3)OCO4)c(N)c12. The molecule has 0 amide bonds. The standard InChI is InChI=1S/C19H13N7O5S/c1-26-14(19(28)31-25-26)11-8(5-20)16(22)24-18-12(11)13(21)15(32-18)17(27)23-7-2-3-9-10(4-7)30-6-29-9/h2-4H,6H2,1H3,(H5-,21,22,23,24,25,27,28). The van der Waals surface area contributed by atoms with E-state index >= 15 is 0 Å². The first kappa shape index (κ1) is 19.4. The second-order valence-corrected chi connectivity index (χ2v) is 7.73. The smallest absolute Gasteiger partial charge is 0.435 e. The quantitative estimate of drug-likeness (QED) is 0.223. The van der Waals surface area contributed by atoms with Crippen molar-refractivity contribution in [3.05, 3.63) is 39.1 Å². The Bertz CT molecular complexity index is 1540. The average Bonchev–Trinajstić information content (AvgIpc) is 3.44. The Morgan fingerprint density at radius 2 is 2.16 bits per heavy atom. The van der Waals surface area contributed by atoms with Crippen LogP contribution in [-0.2, 0) is 7.05 Å². The number of nitrogen functional groups attached to an aromatic ring is 2. The molecule has 0 saturated carbocycles. The molecule has 5 rings (SSSR count). The molecule has 0 fully saturated rings. The predicted molar refractivity (Wildman–Crippen MR) is 111 cm³/mol. The van der Waals surface area contributed by atoms with Crippen molar-refractivity contribution in [2.24, 2.45) is 12.0 Å². The molecule has 4 aromatic rings. The number of pyridine rings is 1. The third kappa shape index (κ3) is 2.81. The molecule has 1 aliphatic rings. The number of aromatic nitrogens is 3. The van der Waals surface area contributed by atoms with Gasteiger partial charge >= 0.3 is 11.3 Å². The molecule has 5 N–H and O–H groups in total. The lowest BCUT2D eigenvalue weighted by atomic mass is 10.0. The first-order valence-corrected chi connectivity index (χ1v) is 9.85. The number of fused-ring (bicyclic) bond motifs is 2. The van der Waals surface area contributed by atoms with Gasteiger partial charge in [0, 0.05) is 12.0 Å². The summed E-state index contributed by atoms with van der Waals surface area (Å²) in [6, 6.07) is 6.77. The number of aryl methyl sites for hydroxylation is 1. The first-order chi connectivity index (χ1) is 15.4. The number of nitriles is 1. The number of aliphatic imine (C=N–C) groups is 1. The lowest BCUT2D eigenvalue weighted by molar-refractivity contribution is -0.730. The number of benzene rings is 1. The molecule has 0 spiro atoms. The number of thiophene rings is 1. The number of ether oxygens (including phenoxy) is 2. The fourth-order valence-electron chi connectivity index (χ4n) is 3.41. The minimum atomic E-state index is -0.737. The van der Waals surface area contributed by atoms with E-state index in [1.807, 2.05) is 6.07 Å². The largest absolute Gasteiger partial charge is 0.858 e. The van der Waals surface area contributed by atoms with E-state index in [0.29, 0.717) is 17.2 Å². The molecule has 0 saturated heterocycles. The van der Waals surface area contributed by atoms with Gasteiger partial charge in [-0.3, -0.25) is 9.52 Å². The van der Waals surface area contributed by atoms with Crippen LogP contribution in [0.3, 0.4) is 0 Å². The molecule has 4 heterocycles. The van der Waals surface area contributed by atoms with Crippen LogP contribution >= 0.6 is 11.3 Å². The van der Waals surface area contributed by atoms with Crippen molar-refractivity contribution in [2.75, 3.05) is 18.3 Å². The van der Waals surface area contributed by atoms with Crippen molar-refractivity contribution in [3.63, 3.8) is 0 Å². The molecule has 12 nitrogen and oxygen atoms in total. The van der Waals surface area contributed by atoms with Crippen molar-refractivity contribution in [1.82, 2.24) is 10.3 Å². The Balaban J connectivity index is 1.73. The van der Waals surface area contributed by atoms with E-state index in [-0.39, 0.29) is 50.2 Å². The Hall–Kier alpha value is -4.57. The highest BCUT2D eigenvalue weighted by molar-refractivity contribution is 7.21. The van der Waals surface area contributed by atoms with Gasteiger partial charge in [0.15, 0.2) is 18.5 Å². The van der Waals surface area contributed by atoms with E-state index in [0.717, 1.165) is 11.3 Å². The highest BCUT2D eigenvalue weighted by atomic mass is 32.1. The fraction of sp³-hybridized carbons (Fsp3) is 0.105. The molecule has 0 unspecified atom stereocenters. The van der Waals surface area contributed by atoms with Crippen LogP contribution in [0.2, 0.25) is 0 Å². The van der Waals surface area contributed by atoms with Gasteiger partial charge in [-0.25, -0.2) is 9.78 Å². The van der Waals surface area contributed by atoms with Gasteiger partial charge < -0.3 is 26.0 Å². The third-order valence-corrected chi connectivity index (χ3v) is 5.93. The Morgan fingerprint density at radius 3 is 2.88 bits per heavy atom. The molecule has 13 heteroatoms. The Kier molecular flexibility index (Phi) is 4.24. The van der Waals surface area contributed by atoms with E-state index in [1.165, 1.54) is 11.7 Å². The van der Waals surface area contributed by atoms with Crippen molar-refractivity contribution < 1.29 is 23.8 Å². The van der Waals surface area contributed by atoms with E-state index in [2.05, 4.69) is 15.2 Å². The lowest BCUT2D eigenvalue weighted by Crippen LogP contribution is -2.34. The number of nitrogens with two attached hydrogens (primary N) is 2. The molecule has 160 valence electrons. The summed E-state index contributed by atoms with van der Waals surface area (Å²) < 4.78 is 16.7. The number of nitrogens with one attached hydrogen (secondary N) is 1. The van der Waals surface area contributed by atoms with Crippen LogP contribution in [0.15, 0.2) is 32.5 Å². The zero-order valence-electron chi connectivity index (χ0n) is 16.3. The van der Waals surface area contributed by atoms with Crippen LogP contribution in [0.1, 0.15) is 10.4 Å². The van der Waals surface area contributed by atoms with Crippen LogP contribution < -0.4 is 36.4 Å². The molecule has 0 aliphatic carbocycles. The van der Waals surface area contributed by atoms with Crippen molar-refractivity contribution in [3.8, 4) is 28.8 Å². The van der Waals surface area contributed by atoms with Gasteiger partial charge in [0.1, 0.15) is 22.3 Å². The molecule has 32 heavy (non-hydrogen) atoms. The first-order valence-electron chi connectivity index (χ1n) is 9.04. The van der Waals surface area contributed by atoms with Gasteiger partial charge in [0.05, 0.1) is 27.2 Å². The maximum absolute atomic E-state index is 13.0. The number of nitrogens with zero attached hydrogens (tertiary/aromatic N) is 4. The minimum absolute atomic E-state index is 0.0110. The molecular weight excluding hydrogens is 438 g/mol. The number of aromatic amines is 1. The van der Waals surface area contributed by atoms with Crippen LogP contribution in [0.25, 0.3) is 21.5 Å². The van der Waals surface area contributed by atoms with Crippen LogP contribution in [0.4, 0.5) is 17.2 Å². The maximum Gasteiger partial charge on any atom is 0.435 e. The minimum Gasteiger partial charge on any atom is -0.858 e. The summed E-state index contributed by atoms with van der Waals surface area (Å²) in [6.07, 6.45) is 0. The summed E-state index contributed by atoms with van der Waals surface area (Å²) >= 11 is 0.956. The second kappa shape index (κ2) is 7.00. The highest BCUT2D eigenvalue weighted by Crippen LogP contribution is 2.41. The zero-order valence-corrected chi connectivity index (χ0v) is 17.1. The van der Waals surface area contributed by atoms with Crippen LogP contribution in [0, 0.1) is 11.3 Å². The van der Waals surface area contributed by atoms with Gasteiger partial charge in [-0.1, -0.05) is 4.68 Å². The van der Waals surface area contributed by atoms with Gasteiger partial charge in [0.25, 0.3) is 0 Å². The van der Waals surface area contributed by atoms with Gasteiger partial charge in [0.2, 0.25) is 6.79 Å². The molecule has 1 aromatic carbocycles. The number of anilines is 2. The van der Waals surface area contributed by atoms with Crippen LogP contribution in [-0.4, -0.2) is 22.9 Å². The summed E-state index contributed by atoms with van der Waals surface area (Å²) in [5.74, 6) is 0.302. The van der Waals surface area contributed by atoms with E-state index < -0.39 is 11.5 Å². The third-order valence-electron chi connectivity index (χ3n) is 4.84. The van der Waals surface area contributed by atoms with E-state index in [9.17, 15) is 15.2 Å². The van der Waals surface area contributed by atoms with Crippen molar-refractivity contribution >= 4 is 44.6 Å². The summed E-state index contributed by atoms with van der Waals surface area (Å²) in [7, 11) is 1.52. The number of rotatable bonds is 3. The predicted octanol–water partition coefficient (Wildman–Crippen LogP) is 0.272. The summed E-state index contributed by atoms with van der Waals surface area (Å²) in [6.45, 7) is 0.0949. The topological polar surface area (TPSA) is 192 Å². The zero-order chi connectivity index (χ0) is 22.6. The highest BCUT2D eigenvalue weighted by Gasteiger charge is 2.31. The number of hydrogen-bond donors (Lipinski definition) is 3. The summed E-state index contributed by atoms with van der Waals surface area (Å²) in [4.78, 5) is 21.0. The van der Waals surface area contributed by atoms with Crippen molar-refractivity contribution in [1.29, 1.82) is 5.26 Å². The molecule has 0 atom stereocenters.